The van der Waals surface area contributed by atoms with Crippen LogP contribution >= 0.6 is 0 Å². The summed E-state index contributed by atoms with van der Waals surface area (Å²) in [7, 11) is 0. The molecule has 1 heterocycles. The summed E-state index contributed by atoms with van der Waals surface area (Å²) >= 11 is 0. The van der Waals surface area contributed by atoms with Crippen LogP contribution in [0.1, 0.15) is 30.0 Å². The Bertz CT molecular complexity index is 345. The molecule has 0 amide bonds. The molecule has 1 aliphatic heterocycles. The van der Waals surface area contributed by atoms with Gasteiger partial charge in [0, 0.05) is 6.04 Å². The van der Waals surface area contributed by atoms with Gasteiger partial charge in [0.15, 0.2) is 11.6 Å². The van der Waals surface area contributed by atoms with Gasteiger partial charge in [0.05, 0.1) is 0 Å². The molecule has 0 radical (unpaired) electrons. The Hall–Kier alpha value is -1.09. The molecule has 0 bridgehead atoms. The maximum atomic E-state index is 13.1. The van der Waals surface area contributed by atoms with Crippen LogP contribution in [-0.2, 0) is 0 Å². The van der Waals surface area contributed by atoms with Gasteiger partial charge in [0.1, 0.15) is 0 Å². The molecule has 1 aromatic carbocycles. The highest BCUT2D eigenvalue weighted by molar-refractivity contribution is 5.37. The van der Waals surface area contributed by atoms with Gasteiger partial charge in [-0.2, -0.15) is 0 Å². The van der Waals surface area contributed by atoms with Crippen molar-refractivity contribution in [2.75, 3.05) is 6.54 Å². The fourth-order valence-corrected chi connectivity index (χ4v) is 2.01. The minimum atomic E-state index is -0.528. The molecule has 0 saturated carbocycles. The lowest BCUT2D eigenvalue weighted by atomic mass is 9.99. The summed E-state index contributed by atoms with van der Waals surface area (Å²) in [5.41, 5.74) is 1.92. The van der Waals surface area contributed by atoms with E-state index >= 15 is 0 Å². The average molecular weight is 195 g/mol. The third-order valence-corrected chi connectivity index (χ3v) is 2.77. The Labute approximate surface area is 82.8 Å². The van der Waals surface area contributed by atoms with Crippen molar-refractivity contribution in [3.8, 4) is 5.75 Å². The number of halogens is 1. The van der Waals surface area contributed by atoms with Crippen molar-refractivity contribution in [1.29, 1.82) is 0 Å². The lowest BCUT2D eigenvalue weighted by molar-refractivity contribution is 0.430. The standard InChI is InChI=1S/C11H14FNO/c1-7-5-11(14)9(12)6-8(7)10-3-2-4-13-10/h5-6,10,13-14H,2-4H2,1H3. The first kappa shape index (κ1) is 9.46. The molecule has 0 spiro atoms. The Kier molecular flexibility index (Phi) is 2.42. The second-order valence-electron chi connectivity index (χ2n) is 3.81. The molecular weight excluding hydrogens is 181 g/mol. The Morgan fingerprint density at radius 2 is 2.29 bits per heavy atom. The van der Waals surface area contributed by atoms with Gasteiger partial charge in [-0.15, -0.1) is 0 Å². The molecule has 1 unspecified atom stereocenters. The highest BCUT2D eigenvalue weighted by Crippen LogP contribution is 2.29. The van der Waals surface area contributed by atoms with Gasteiger partial charge in [0.2, 0.25) is 0 Å². The summed E-state index contributed by atoms with van der Waals surface area (Å²) in [5.74, 6) is -0.788. The number of aromatic hydroxyl groups is 1. The van der Waals surface area contributed by atoms with E-state index in [1.807, 2.05) is 6.92 Å². The molecule has 1 aliphatic rings. The lowest BCUT2D eigenvalue weighted by Gasteiger charge is -2.14. The molecule has 0 aliphatic carbocycles. The van der Waals surface area contributed by atoms with Crippen LogP contribution in [0.2, 0.25) is 0 Å². The molecule has 1 atom stereocenters. The molecule has 1 saturated heterocycles. The minimum Gasteiger partial charge on any atom is -0.505 e. The topological polar surface area (TPSA) is 32.3 Å². The monoisotopic (exact) mass is 195 g/mol. The van der Waals surface area contributed by atoms with Crippen molar-refractivity contribution in [2.24, 2.45) is 0 Å². The van der Waals surface area contributed by atoms with E-state index in [2.05, 4.69) is 5.32 Å². The number of benzene rings is 1. The fourth-order valence-electron chi connectivity index (χ4n) is 2.01. The van der Waals surface area contributed by atoms with Crippen molar-refractivity contribution in [3.63, 3.8) is 0 Å². The quantitative estimate of drug-likeness (QED) is 0.720. The van der Waals surface area contributed by atoms with Gasteiger partial charge in [-0.1, -0.05) is 0 Å². The Morgan fingerprint density at radius 3 is 2.93 bits per heavy atom. The number of rotatable bonds is 1. The third kappa shape index (κ3) is 1.60. The summed E-state index contributed by atoms with van der Waals surface area (Å²) in [4.78, 5) is 0. The van der Waals surface area contributed by atoms with E-state index in [9.17, 15) is 9.50 Å². The van der Waals surface area contributed by atoms with E-state index in [1.54, 1.807) is 0 Å². The molecule has 0 aromatic heterocycles. The van der Waals surface area contributed by atoms with Gasteiger partial charge < -0.3 is 10.4 Å². The number of phenols is 1. The van der Waals surface area contributed by atoms with E-state index < -0.39 is 5.82 Å². The van der Waals surface area contributed by atoms with E-state index in [1.165, 1.54) is 12.1 Å². The highest BCUT2D eigenvalue weighted by atomic mass is 19.1. The van der Waals surface area contributed by atoms with Gasteiger partial charge in [-0.3, -0.25) is 0 Å². The first-order valence-corrected chi connectivity index (χ1v) is 4.91. The van der Waals surface area contributed by atoms with Crippen molar-refractivity contribution >= 4 is 0 Å². The second-order valence-corrected chi connectivity index (χ2v) is 3.81. The summed E-state index contributed by atoms with van der Waals surface area (Å²) in [5, 5.41) is 12.5. The van der Waals surface area contributed by atoms with Crippen LogP contribution in [0.4, 0.5) is 4.39 Å². The van der Waals surface area contributed by atoms with Crippen molar-refractivity contribution in [1.82, 2.24) is 5.32 Å². The van der Waals surface area contributed by atoms with Crippen LogP contribution < -0.4 is 5.32 Å². The summed E-state index contributed by atoms with van der Waals surface area (Å²) < 4.78 is 13.1. The van der Waals surface area contributed by atoms with Crippen LogP contribution in [0.15, 0.2) is 12.1 Å². The third-order valence-electron chi connectivity index (χ3n) is 2.77. The smallest absolute Gasteiger partial charge is 0.165 e. The van der Waals surface area contributed by atoms with Crippen LogP contribution in [0.3, 0.4) is 0 Å². The molecule has 2 rings (SSSR count). The lowest BCUT2D eigenvalue weighted by Crippen LogP contribution is -2.14. The van der Waals surface area contributed by atoms with Crippen molar-refractivity contribution in [2.45, 2.75) is 25.8 Å². The largest absolute Gasteiger partial charge is 0.505 e. The first-order valence-electron chi connectivity index (χ1n) is 4.91. The Morgan fingerprint density at radius 1 is 1.50 bits per heavy atom. The molecular formula is C11H14FNO. The predicted octanol–water partition coefficient (Wildman–Crippen LogP) is 2.26. The molecule has 1 fully saturated rings. The Balaban J connectivity index is 2.37. The molecule has 1 aromatic rings. The average Bonchev–Trinajstić information content (AvgIpc) is 2.64. The fraction of sp³-hybridized carbons (Fsp3) is 0.455. The highest BCUT2D eigenvalue weighted by Gasteiger charge is 2.19. The van der Waals surface area contributed by atoms with Crippen LogP contribution in [0.25, 0.3) is 0 Å². The van der Waals surface area contributed by atoms with E-state index in [-0.39, 0.29) is 11.8 Å². The number of phenolic OH excluding ortho intramolecular Hbond substituents is 1. The van der Waals surface area contributed by atoms with Gasteiger partial charge in [-0.05, 0) is 49.6 Å². The zero-order valence-corrected chi connectivity index (χ0v) is 8.18. The molecule has 2 N–H and O–H groups in total. The molecule has 14 heavy (non-hydrogen) atoms. The van der Waals surface area contributed by atoms with E-state index in [0.29, 0.717) is 0 Å². The normalized spacial score (nSPS) is 21.4. The number of nitrogens with one attached hydrogen (secondary N) is 1. The molecule has 3 heteroatoms. The SMILES string of the molecule is Cc1cc(O)c(F)cc1C1CCCN1. The van der Waals surface area contributed by atoms with Crippen molar-refractivity contribution in [3.05, 3.63) is 29.1 Å². The first-order chi connectivity index (χ1) is 6.68. The molecule has 76 valence electrons. The van der Waals surface area contributed by atoms with Crippen LogP contribution in [-0.4, -0.2) is 11.7 Å². The number of aryl methyl sites for hydroxylation is 1. The van der Waals surface area contributed by atoms with Gasteiger partial charge in [-0.25, -0.2) is 4.39 Å². The maximum Gasteiger partial charge on any atom is 0.165 e. The van der Waals surface area contributed by atoms with Crippen LogP contribution in [0.5, 0.6) is 5.75 Å². The van der Waals surface area contributed by atoms with Gasteiger partial charge >= 0.3 is 0 Å². The molecule has 2 nitrogen and oxygen atoms in total. The number of hydrogen-bond acceptors (Lipinski definition) is 2. The second kappa shape index (κ2) is 3.58. The zero-order valence-electron chi connectivity index (χ0n) is 8.18. The maximum absolute atomic E-state index is 13.1. The van der Waals surface area contributed by atoms with Crippen molar-refractivity contribution < 1.29 is 9.50 Å². The van der Waals surface area contributed by atoms with E-state index in [4.69, 9.17) is 0 Å². The minimum absolute atomic E-state index is 0.255. The van der Waals surface area contributed by atoms with Gasteiger partial charge in [0.25, 0.3) is 0 Å². The zero-order chi connectivity index (χ0) is 10.1. The number of hydrogen-bond donors (Lipinski definition) is 2. The predicted molar refractivity (Wildman–Crippen MR) is 52.8 cm³/mol. The van der Waals surface area contributed by atoms with Crippen LogP contribution in [0, 0.1) is 12.7 Å². The summed E-state index contributed by atoms with van der Waals surface area (Å²) in [6.45, 7) is 2.89. The van der Waals surface area contributed by atoms with E-state index in [0.717, 1.165) is 30.5 Å². The summed E-state index contributed by atoms with van der Waals surface area (Å²) in [6.07, 6.45) is 2.18. The summed E-state index contributed by atoms with van der Waals surface area (Å²) in [6, 6.07) is 3.18.